The Kier molecular flexibility index (Phi) is 7.98. The molecule has 0 aliphatic rings. The van der Waals surface area contributed by atoms with Crippen molar-refractivity contribution >= 4 is 28.8 Å². The summed E-state index contributed by atoms with van der Waals surface area (Å²) in [5.41, 5.74) is 1.92. The zero-order chi connectivity index (χ0) is 18.2. The van der Waals surface area contributed by atoms with Gasteiger partial charge in [-0.25, -0.2) is 9.67 Å². The normalized spacial score (nSPS) is 12.4. The average molecular weight is 380 g/mol. The Labute approximate surface area is 161 Å². The molecular weight excluding hydrogens is 353 g/mol. The average Bonchev–Trinajstić information content (AvgIpc) is 2.95. The molecule has 0 bridgehead atoms. The van der Waals surface area contributed by atoms with Crippen LogP contribution in [-0.2, 0) is 7.05 Å². The molecule has 0 radical (unpaired) electrons. The lowest BCUT2D eigenvalue weighted by molar-refractivity contribution is 0.611. The van der Waals surface area contributed by atoms with Gasteiger partial charge in [-0.2, -0.15) is 5.10 Å². The molecule has 0 saturated carbocycles. The summed E-state index contributed by atoms with van der Waals surface area (Å²) in [5, 5.41) is 5.99. The van der Waals surface area contributed by atoms with E-state index in [1.807, 2.05) is 38.2 Å². The second-order valence-electron chi connectivity index (χ2n) is 6.39. The molecule has 0 fully saturated rings. The van der Waals surface area contributed by atoms with Gasteiger partial charge in [0.2, 0.25) is 0 Å². The molecule has 2 rings (SSSR count). The van der Waals surface area contributed by atoms with Crippen LogP contribution in [0.3, 0.4) is 0 Å². The van der Waals surface area contributed by atoms with Gasteiger partial charge in [0, 0.05) is 23.2 Å². The molecule has 136 valence electrons. The van der Waals surface area contributed by atoms with Gasteiger partial charge in [0.05, 0.1) is 5.02 Å². The van der Waals surface area contributed by atoms with Crippen molar-refractivity contribution in [1.82, 2.24) is 14.8 Å². The van der Waals surface area contributed by atoms with Gasteiger partial charge in [-0.15, -0.1) is 0 Å². The fourth-order valence-corrected chi connectivity index (χ4v) is 3.32. The van der Waals surface area contributed by atoms with Gasteiger partial charge in [-0.1, -0.05) is 74.4 Å². The summed E-state index contributed by atoms with van der Waals surface area (Å²) < 4.78 is 1.80. The second kappa shape index (κ2) is 9.98. The van der Waals surface area contributed by atoms with Crippen molar-refractivity contribution in [3.63, 3.8) is 0 Å². The van der Waals surface area contributed by atoms with Crippen LogP contribution in [0, 0.1) is 0 Å². The number of aryl methyl sites for hydroxylation is 1. The van der Waals surface area contributed by atoms with Gasteiger partial charge in [0.15, 0.2) is 11.6 Å². The minimum absolute atomic E-state index is 0.640. The van der Waals surface area contributed by atoms with Crippen LogP contribution in [0.4, 0.5) is 0 Å². The van der Waals surface area contributed by atoms with E-state index in [0.29, 0.717) is 10.8 Å². The third-order valence-electron chi connectivity index (χ3n) is 4.34. The summed E-state index contributed by atoms with van der Waals surface area (Å²) in [6.45, 7) is 4.17. The fourth-order valence-electron chi connectivity index (χ4n) is 2.92. The summed E-state index contributed by atoms with van der Waals surface area (Å²) in [6.07, 6.45) is 8.47. The number of rotatable bonds is 9. The maximum absolute atomic E-state index is 6.37. The Balaban J connectivity index is 2.12. The molecular formula is C20H27Cl2N3. The first-order chi connectivity index (χ1) is 12.0. The largest absolute Gasteiger partial charge is 0.249 e. The highest BCUT2D eigenvalue weighted by Gasteiger charge is 2.16. The molecule has 5 heteroatoms. The predicted molar refractivity (Wildman–Crippen MR) is 108 cm³/mol. The zero-order valence-electron chi connectivity index (χ0n) is 15.4. The van der Waals surface area contributed by atoms with Crippen molar-refractivity contribution in [3.8, 4) is 11.4 Å². The Morgan fingerprint density at radius 3 is 2.44 bits per heavy atom. The molecule has 2 aromatic rings. The van der Waals surface area contributed by atoms with Gasteiger partial charge in [0.25, 0.3) is 0 Å². The number of unbranched alkanes of at least 4 members (excludes halogenated alkanes) is 5. The summed E-state index contributed by atoms with van der Waals surface area (Å²) in [7, 11) is 1.91. The van der Waals surface area contributed by atoms with Crippen LogP contribution in [0.25, 0.3) is 17.0 Å². The van der Waals surface area contributed by atoms with Crippen LogP contribution < -0.4 is 0 Å². The Morgan fingerprint density at radius 2 is 1.76 bits per heavy atom. The smallest absolute Gasteiger partial charge is 0.183 e. The minimum atomic E-state index is 0.640. The third kappa shape index (κ3) is 5.58. The topological polar surface area (TPSA) is 30.7 Å². The van der Waals surface area contributed by atoms with E-state index in [9.17, 15) is 0 Å². The highest BCUT2D eigenvalue weighted by Crippen LogP contribution is 2.30. The van der Waals surface area contributed by atoms with E-state index in [1.54, 1.807) is 4.68 Å². The molecule has 1 heterocycles. The van der Waals surface area contributed by atoms with E-state index >= 15 is 0 Å². The first kappa shape index (κ1) is 20.0. The third-order valence-corrected chi connectivity index (χ3v) is 4.90. The molecule has 0 aliphatic heterocycles. The van der Waals surface area contributed by atoms with Gasteiger partial charge in [0.1, 0.15) is 0 Å². The molecule has 25 heavy (non-hydrogen) atoms. The number of hydrogen-bond acceptors (Lipinski definition) is 2. The lowest BCUT2D eigenvalue weighted by Gasteiger charge is -2.08. The Morgan fingerprint density at radius 1 is 1.08 bits per heavy atom. The van der Waals surface area contributed by atoms with Crippen LogP contribution in [0.2, 0.25) is 5.02 Å². The molecule has 1 aromatic carbocycles. The molecule has 0 spiro atoms. The van der Waals surface area contributed by atoms with Crippen molar-refractivity contribution in [3.05, 3.63) is 40.1 Å². The van der Waals surface area contributed by atoms with E-state index in [-0.39, 0.29) is 0 Å². The predicted octanol–water partition coefficient (Wildman–Crippen LogP) is 6.86. The number of aromatic nitrogens is 3. The van der Waals surface area contributed by atoms with Crippen molar-refractivity contribution in [2.24, 2.45) is 7.05 Å². The summed E-state index contributed by atoms with van der Waals surface area (Å²) in [6, 6.07) is 7.64. The second-order valence-corrected chi connectivity index (χ2v) is 7.37. The lowest BCUT2D eigenvalue weighted by atomic mass is 10.0. The lowest BCUT2D eigenvalue weighted by Crippen LogP contribution is -2.00. The monoisotopic (exact) mass is 379 g/mol. The number of allylic oxidation sites excluding steroid dienone is 2. The summed E-state index contributed by atoms with van der Waals surface area (Å²) in [4.78, 5) is 4.72. The van der Waals surface area contributed by atoms with Crippen LogP contribution in [0.5, 0.6) is 0 Å². The Hall–Kier alpha value is -1.32. The Bertz CT molecular complexity index is 715. The number of benzene rings is 1. The molecule has 0 saturated heterocycles. The van der Waals surface area contributed by atoms with E-state index in [1.165, 1.54) is 32.1 Å². The van der Waals surface area contributed by atoms with Crippen molar-refractivity contribution in [1.29, 1.82) is 0 Å². The number of halogens is 2. The summed E-state index contributed by atoms with van der Waals surface area (Å²) in [5.74, 6) is 1.47. The van der Waals surface area contributed by atoms with Gasteiger partial charge < -0.3 is 0 Å². The first-order valence-corrected chi connectivity index (χ1v) is 9.81. The quantitative estimate of drug-likeness (QED) is 0.445. The van der Waals surface area contributed by atoms with Crippen molar-refractivity contribution in [2.75, 3.05) is 0 Å². The van der Waals surface area contributed by atoms with E-state index in [4.69, 9.17) is 28.2 Å². The van der Waals surface area contributed by atoms with Crippen LogP contribution in [0.1, 0.15) is 64.6 Å². The molecule has 1 aromatic heterocycles. The van der Waals surface area contributed by atoms with Gasteiger partial charge >= 0.3 is 0 Å². The number of hydrogen-bond donors (Lipinski definition) is 0. The van der Waals surface area contributed by atoms with Crippen molar-refractivity contribution in [2.45, 2.75) is 58.8 Å². The minimum Gasteiger partial charge on any atom is -0.249 e. The van der Waals surface area contributed by atoms with Crippen LogP contribution >= 0.6 is 23.2 Å². The van der Waals surface area contributed by atoms with Gasteiger partial charge in [-0.05, 0) is 31.9 Å². The SMILES string of the molecule is CCCCCCCC/C(=C(/C)Cl)c1nc(-c2ccccc2Cl)nn1C. The van der Waals surface area contributed by atoms with Crippen molar-refractivity contribution < 1.29 is 0 Å². The molecule has 3 nitrogen and oxygen atoms in total. The van der Waals surface area contributed by atoms with E-state index in [2.05, 4.69) is 12.0 Å². The molecule has 0 unspecified atom stereocenters. The molecule has 0 N–H and O–H groups in total. The highest BCUT2D eigenvalue weighted by atomic mass is 35.5. The molecule has 0 aliphatic carbocycles. The zero-order valence-corrected chi connectivity index (χ0v) is 16.9. The molecule has 0 atom stereocenters. The number of nitrogens with zero attached hydrogens (tertiary/aromatic N) is 3. The molecule has 0 amide bonds. The maximum Gasteiger partial charge on any atom is 0.183 e. The highest BCUT2D eigenvalue weighted by molar-refractivity contribution is 6.33. The van der Waals surface area contributed by atoms with E-state index in [0.717, 1.165) is 34.8 Å². The fraction of sp³-hybridized carbons (Fsp3) is 0.500. The van der Waals surface area contributed by atoms with Gasteiger partial charge in [-0.3, -0.25) is 0 Å². The first-order valence-electron chi connectivity index (χ1n) is 9.06. The standard InChI is InChI=1S/C20H27Cl2N3/c1-4-5-6-7-8-9-12-16(15(2)21)20-23-19(24-25(20)3)17-13-10-11-14-18(17)22/h10-11,13-14H,4-9,12H2,1-3H3/b16-15+. The van der Waals surface area contributed by atoms with Crippen LogP contribution in [0.15, 0.2) is 29.3 Å². The maximum atomic E-state index is 6.37. The van der Waals surface area contributed by atoms with Crippen LogP contribution in [-0.4, -0.2) is 14.8 Å². The van der Waals surface area contributed by atoms with E-state index < -0.39 is 0 Å². The summed E-state index contributed by atoms with van der Waals surface area (Å²) >= 11 is 12.7.